The molecule has 74 valence electrons. The minimum atomic E-state index is -0.123. The maximum atomic E-state index is 5.44. The first-order valence-electron chi connectivity index (χ1n) is 4.94. The van der Waals surface area contributed by atoms with Crippen LogP contribution in [-0.2, 0) is 0 Å². The van der Waals surface area contributed by atoms with Gasteiger partial charge in [-0.05, 0) is 38.9 Å². The summed E-state index contributed by atoms with van der Waals surface area (Å²) in [6, 6.07) is 0. The van der Waals surface area contributed by atoms with E-state index < -0.39 is 0 Å². The third-order valence-electron chi connectivity index (χ3n) is 2.16. The highest BCUT2D eigenvalue weighted by Crippen LogP contribution is 1.98. The van der Waals surface area contributed by atoms with E-state index in [1.54, 1.807) is 0 Å². The number of hydrogen-bond acceptors (Lipinski definition) is 3. The Hall–Kier alpha value is -0.120. The van der Waals surface area contributed by atoms with Crippen molar-refractivity contribution in [1.82, 2.24) is 4.90 Å². The maximum Gasteiger partial charge on any atom is 0.0520 e. The van der Waals surface area contributed by atoms with Crippen LogP contribution in [0.25, 0.3) is 0 Å². The molecule has 12 heavy (non-hydrogen) atoms. The van der Waals surface area contributed by atoms with Crippen molar-refractivity contribution in [1.29, 1.82) is 0 Å². The second-order valence-corrected chi connectivity index (χ2v) is 3.19. The minimum Gasteiger partial charge on any atom is -0.316 e. The van der Waals surface area contributed by atoms with Crippen molar-refractivity contribution in [3.63, 3.8) is 0 Å². The summed E-state index contributed by atoms with van der Waals surface area (Å²) >= 11 is 0. The molecule has 0 saturated heterocycles. The zero-order chi connectivity index (χ0) is 9.40. The van der Waals surface area contributed by atoms with Gasteiger partial charge >= 0.3 is 0 Å². The summed E-state index contributed by atoms with van der Waals surface area (Å²) < 4.78 is 0. The van der Waals surface area contributed by atoms with Crippen LogP contribution in [0.15, 0.2) is 0 Å². The molecule has 0 aromatic heterocycles. The van der Waals surface area contributed by atoms with E-state index in [4.69, 9.17) is 11.5 Å². The lowest BCUT2D eigenvalue weighted by atomic mass is 10.2. The van der Waals surface area contributed by atoms with Crippen molar-refractivity contribution in [2.75, 3.05) is 19.6 Å². The first kappa shape index (κ1) is 11.9. The number of nitrogens with zero attached hydrogens (tertiary/aromatic N) is 1. The summed E-state index contributed by atoms with van der Waals surface area (Å²) in [7, 11) is 0. The van der Waals surface area contributed by atoms with Gasteiger partial charge in [-0.1, -0.05) is 13.8 Å². The standard InChI is InChI=1S/C9H23N3/c1-3-12(4-2)8-6-5-7-9(10)11/h9H,3-8,10-11H2,1-2H3. The van der Waals surface area contributed by atoms with Gasteiger partial charge in [0.15, 0.2) is 0 Å². The van der Waals surface area contributed by atoms with Gasteiger partial charge in [-0.3, -0.25) is 0 Å². The Labute approximate surface area is 76.1 Å². The molecule has 0 aromatic carbocycles. The summed E-state index contributed by atoms with van der Waals surface area (Å²) in [6.45, 7) is 7.85. The van der Waals surface area contributed by atoms with Gasteiger partial charge in [-0.2, -0.15) is 0 Å². The highest BCUT2D eigenvalue weighted by molar-refractivity contribution is 4.55. The molecule has 3 nitrogen and oxygen atoms in total. The fourth-order valence-corrected chi connectivity index (χ4v) is 1.26. The predicted molar refractivity (Wildman–Crippen MR) is 53.8 cm³/mol. The van der Waals surface area contributed by atoms with E-state index in [9.17, 15) is 0 Å². The van der Waals surface area contributed by atoms with E-state index >= 15 is 0 Å². The Balaban J connectivity index is 3.17. The van der Waals surface area contributed by atoms with E-state index in [0.29, 0.717) is 0 Å². The van der Waals surface area contributed by atoms with Crippen molar-refractivity contribution >= 4 is 0 Å². The second kappa shape index (κ2) is 7.53. The zero-order valence-electron chi connectivity index (χ0n) is 8.42. The van der Waals surface area contributed by atoms with Gasteiger partial charge in [-0.25, -0.2) is 0 Å². The van der Waals surface area contributed by atoms with Crippen LogP contribution in [0.1, 0.15) is 33.1 Å². The Morgan fingerprint density at radius 1 is 1.08 bits per heavy atom. The number of hydrogen-bond donors (Lipinski definition) is 2. The van der Waals surface area contributed by atoms with Crippen molar-refractivity contribution in [3.8, 4) is 0 Å². The van der Waals surface area contributed by atoms with Gasteiger partial charge in [0.1, 0.15) is 0 Å². The molecule has 0 amide bonds. The van der Waals surface area contributed by atoms with Gasteiger partial charge in [0, 0.05) is 0 Å². The minimum absolute atomic E-state index is 0.123. The van der Waals surface area contributed by atoms with Gasteiger partial charge in [0.05, 0.1) is 6.17 Å². The Morgan fingerprint density at radius 3 is 2.08 bits per heavy atom. The molecule has 4 N–H and O–H groups in total. The summed E-state index contributed by atoms with van der Waals surface area (Å²) in [4.78, 5) is 2.42. The van der Waals surface area contributed by atoms with E-state index in [-0.39, 0.29) is 6.17 Å². The van der Waals surface area contributed by atoms with Crippen molar-refractivity contribution in [2.45, 2.75) is 39.3 Å². The summed E-state index contributed by atoms with van der Waals surface area (Å²) in [5.41, 5.74) is 10.9. The fraction of sp³-hybridized carbons (Fsp3) is 1.00. The number of unbranched alkanes of at least 4 members (excludes halogenated alkanes) is 1. The molecule has 0 aliphatic carbocycles. The van der Waals surface area contributed by atoms with Crippen LogP contribution < -0.4 is 11.5 Å². The Kier molecular flexibility index (Phi) is 7.45. The summed E-state index contributed by atoms with van der Waals surface area (Å²) in [5, 5.41) is 0. The summed E-state index contributed by atoms with van der Waals surface area (Å²) in [6.07, 6.45) is 3.18. The van der Waals surface area contributed by atoms with Gasteiger partial charge < -0.3 is 16.4 Å². The Morgan fingerprint density at radius 2 is 1.67 bits per heavy atom. The number of rotatable bonds is 7. The van der Waals surface area contributed by atoms with Gasteiger partial charge in [0.2, 0.25) is 0 Å². The molecule has 0 bridgehead atoms. The molecule has 0 rings (SSSR count). The zero-order valence-corrected chi connectivity index (χ0v) is 8.42. The average molecular weight is 173 g/mol. The first-order chi connectivity index (χ1) is 5.70. The van der Waals surface area contributed by atoms with Gasteiger partial charge in [-0.15, -0.1) is 0 Å². The molecule has 3 heteroatoms. The molecule has 0 unspecified atom stereocenters. The predicted octanol–water partition coefficient (Wildman–Crippen LogP) is 0.742. The van der Waals surface area contributed by atoms with Crippen LogP contribution >= 0.6 is 0 Å². The molecule has 0 atom stereocenters. The SMILES string of the molecule is CCN(CC)CCCCC(N)N. The fourth-order valence-electron chi connectivity index (χ4n) is 1.26. The normalized spacial score (nSPS) is 11.5. The molecule has 0 spiro atoms. The maximum absolute atomic E-state index is 5.44. The molecular weight excluding hydrogens is 150 g/mol. The summed E-state index contributed by atoms with van der Waals surface area (Å²) in [5.74, 6) is 0. The topological polar surface area (TPSA) is 55.3 Å². The van der Waals surface area contributed by atoms with Crippen LogP contribution in [0.3, 0.4) is 0 Å². The largest absolute Gasteiger partial charge is 0.316 e. The molecule has 0 heterocycles. The first-order valence-corrected chi connectivity index (χ1v) is 4.94. The van der Waals surface area contributed by atoms with Crippen molar-refractivity contribution in [3.05, 3.63) is 0 Å². The molecule has 0 radical (unpaired) electrons. The molecular formula is C9H23N3. The molecule has 0 fully saturated rings. The van der Waals surface area contributed by atoms with Crippen LogP contribution in [0.4, 0.5) is 0 Å². The highest BCUT2D eigenvalue weighted by Gasteiger charge is 1.99. The molecule has 0 saturated carbocycles. The molecule has 0 aromatic rings. The lowest BCUT2D eigenvalue weighted by Gasteiger charge is -2.17. The number of nitrogens with two attached hydrogens (primary N) is 2. The Bertz CT molecular complexity index is 89.8. The van der Waals surface area contributed by atoms with Crippen LogP contribution in [0.2, 0.25) is 0 Å². The van der Waals surface area contributed by atoms with Gasteiger partial charge in [0.25, 0.3) is 0 Å². The quantitative estimate of drug-likeness (QED) is 0.441. The van der Waals surface area contributed by atoms with Crippen LogP contribution in [0, 0.1) is 0 Å². The monoisotopic (exact) mass is 173 g/mol. The lowest BCUT2D eigenvalue weighted by molar-refractivity contribution is 0.294. The van der Waals surface area contributed by atoms with Crippen LogP contribution in [-0.4, -0.2) is 30.7 Å². The third kappa shape index (κ3) is 6.58. The second-order valence-electron chi connectivity index (χ2n) is 3.19. The molecule has 0 aliphatic heterocycles. The van der Waals surface area contributed by atoms with Crippen molar-refractivity contribution < 1.29 is 0 Å². The average Bonchev–Trinajstić information content (AvgIpc) is 2.04. The third-order valence-corrected chi connectivity index (χ3v) is 2.16. The van der Waals surface area contributed by atoms with E-state index in [1.165, 1.54) is 13.0 Å². The van der Waals surface area contributed by atoms with E-state index in [1.807, 2.05) is 0 Å². The molecule has 0 aliphatic rings. The van der Waals surface area contributed by atoms with Crippen LogP contribution in [0.5, 0.6) is 0 Å². The van der Waals surface area contributed by atoms with E-state index in [2.05, 4.69) is 18.7 Å². The lowest BCUT2D eigenvalue weighted by Crippen LogP contribution is -2.30. The van der Waals surface area contributed by atoms with Crippen molar-refractivity contribution in [2.24, 2.45) is 11.5 Å². The highest BCUT2D eigenvalue weighted by atomic mass is 15.1. The van der Waals surface area contributed by atoms with E-state index in [0.717, 1.165) is 25.9 Å². The smallest absolute Gasteiger partial charge is 0.0520 e.